The largest absolute Gasteiger partial charge is 0.321 e. The van der Waals surface area contributed by atoms with Crippen molar-refractivity contribution in [2.75, 3.05) is 0 Å². The third kappa shape index (κ3) is 1.40. The van der Waals surface area contributed by atoms with E-state index in [1.807, 2.05) is 0 Å². The molecule has 0 spiro atoms. The van der Waals surface area contributed by atoms with Crippen LogP contribution < -0.4 is 5.73 Å². The lowest BCUT2D eigenvalue weighted by molar-refractivity contribution is 0.256. The molecule has 0 saturated heterocycles. The smallest absolute Gasteiger partial charge is 0.0415 e. The van der Waals surface area contributed by atoms with Crippen molar-refractivity contribution >= 4 is 26.7 Å². The maximum atomic E-state index is 6.42. The van der Waals surface area contributed by atoms with Gasteiger partial charge in [0.05, 0.1) is 0 Å². The van der Waals surface area contributed by atoms with Crippen molar-refractivity contribution in [1.29, 1.82) is 0 Å². The second-order valence-electron chi connectivity index (χ2n) is 4.65. The van der Waals surface area contributed by atoms with Gasteiger partial charge in [0.2, 0.25) is 0 Å². The lowest BCUT2D eigenvalue weighted by atomic mass is 9.71. The molecule has 16 heavy (non-hydrogen) atoms. The van der Waals surface area contributed by atoms with Crippen molar-refractivity contribution in [3.63, 3.8) is 0 Å². The predicted octanol–water partition coefficient (Wildman–Crippen LogP) is 3.94. The molecule has 2 aromatic carbocycles. The summed E-state index contributed by atoms with van der Waals surface area (Å²) < 4.78 is 1.15. The highest BCUT2D eigenvalue weighted by Crippen LogP contribution is 2.42. The van der Waals surface area contributed by atoms with Gasteiger partial charge in [0.25, 0.3) is 0 Å². The first-order valence-electron chi connectivity index (χ1n) is 5.67. The van der Waals surface area contributed by atoms with Crippen LogP contribution in [0.1, 0.15) is 24.8 Å². The number of hydrogen-bond donors (Lipinski definition) is 1. The van der Waals surface area contributed by atoms with E-state index in [0.717, 1.165) is 17.3 Å². The minimum Gasteiger partial charge on any atom is -0.321 e. The van der Waals surface area contributed by atoms with Crippen molar-refractivity contribution in [2.24, 2.45) is 5.73 Å². The molecule has 0 aromatic heterocycles. The van der Waals surface area contributed by atoms with Gasteiger partial charge in [-0.15, -0.1) is 0 Å². The highest BCUT2D eigenvalue weighted by Gasteiger charge is 2.35. The summed E-state index contributed by atoms with van der Waals surface area (Å²) in [6.07, 6.45) is 3.47. The quantitative estimate of drug-likeness (QED) is 0.838. The number of halogens is 1. The summed E-state index contributed by atoms with van der Waals surface area (Å²) in [5.41, 5.74) is 7.65. The van der Waals surface area contributed by atoms with Gasteiger partial charge in [-0.25, -0.2) is 0 Å². The number of hydrogen-bond acceptors (Lipinski definition) is 1. The molecule has 82 valence electrons. The van der Waals surface area contributed by atoms with E-state index in [2.05, 4.69) is 52.3 Å². The fraction of sp³-hybridized carbons (Fsp3) is 0.286. The van der Waals surface area contributed by atoms with Crippen LogP contribution in [0, 0.1) is 0 Å². The Hall–Kier alpha value is -0.860. The SMILES string of the molecule is NC1(c2cccc3c(Br)cccc23)CCC1. The van der Waals surface area contributed by atoms with Crippen LogP contribution in [0.3, 0.4) is 0 Å². The summed E-state index contributed by atoms with van der Waals surface area (Å²) >= 11 is 3.60. The molecule has 0 radical (unpaired) electrons. The molecule has 0 unspecified atom stereocenters. The lowest BCUT2D eigenvalue weighted by Gasteiger charge is -2.39. The summed E-state index contributed by atoms with van der Waals surface area (Å²) in [4.78, 5) is 0. The Morgan fingerprint density at radius 2 is 1.69 bits per heavy atom. The van der Waals surface area contributed by atoms with Gasteiger partial charge in [0, 0.05) is 10.0 Å². The third-order valence-corrected chi connectivity index (χ3v) is 4.34. The Morgan fingerprint density at radius 1 is 1.00 bits per heavy atom. The van der Waals surface area contributed by atoms with Crippen LogP contribution in [-0.4, -0.2) is 0 Å². The van der Waals surface area contributed by atoms with Crippen LogP contribution >= 0.6 is 15.9 Å². The molecule has 1 saturated carbocycles. The summed E-state index contributed by atoms with van der Waals surface area (Å²) in [6, 6.07) is 12.8. The van der Waals surface area contributed by atoms with Crippen LogP contribution in [0.5, 0.6) is 0 Å². The van der Waals surface area contributed by atoms with Gasteiger partial charge in [0.1, 0.15) is 0 Å². The minimum absolute atomic E-state index is 0.0830. The van der Waals surface area contributed by atoms with E-state index in [4.69, 9.17) is 5.73 Å². The molecule has 0 bridgehead atoms. The Kier molecular flexibility index (Phi) is 2.30. The Bertz CT molecular complexity index is 543. The van der Waals surface area contributed by atoms with Crippen molar-refractivity contribution in [1.82, 2.24) is 0 Å². The topological polar surface area (TPSA) is 26.0 Å². The van der Waals surface area contributed by atoms with Crippen LogP contribution in [0.4, 0.5) is 0 Å². The lowest BCUT2D eigenvalue weighted by Crippen LogP contribution is -2.43. The molecular formula is C14H14BrN. The monoisotopic (exact) mass is 275 g/mol. The van der Waals surface area contributed by atoms with Crippen molar-refractivity contribution < 1.29 is 0 Å². The molecule has 2 aromatic rings. The maximum Gasteiger partial charge on any atom is 0.0415 e. The minimum atomic E-state index is -0.0830. The molecule has 0 atom stereocenters. The highest BCUT2D eigenvalue weighted by molar-refractivity contribution is 9.10. The van der Waals surface area contributed by atoms with Gasteiger partial charge >= 0.3 is 0 Å². The second-order valence-corrected chi connectivity index (χ2v) is 5.50. The van der Waals surface area contributed by atoms with E-state index in [0.29, 0.717) is 0 Å². The number of fused-ring (bicyclic) bond motifs is 1. The molecule has 1 aliphatic carbocycles. The zero-order valence-electron chi connectivity index (χ0n) is 9.04. The van der Waals surface area contributed by atoms with Gasteiger partial charge in [-0.05, 0) is 41.7 Å². The van der Waals surface area contributed by atoms with Crippen LogP contribution in [-0.2, 0) is 5.54 Å². The van der Waals surface area contributed by atoms with Crippen LogP contribution in [0.25, 0.3) is 10.8 Å². The van der Waals surface area contributed by atoms with E-state index < -0.39 is 0 Å². The number of nitrogens with two attached hydrogens (primary N) is 1. The number of rotatable bonds is 1. The summed E-state index contributed by atoms with van der Waals surface area (Å²) in [5.74, 6) is 0. The van der Waals surface area contributed by atoms with Crippen LogP contribution in [0.2, 0.25) is 0 Å². The predicted molar refractivity (Wildman–Crippen MR) is 71.4 cm³/mol. The average molecular weight is 276 g/mol. The third-order valence-electron chi connectivity index (χ3n) is 3.65. The van der Waals surface area contributed by atoms with E-state index >= 15 is 0 Å². The molecule has 0 amide bonds. The van der Waals surface area contributed by atoms with Gasteiger partial charge in [-0.2, -0.15) is 0 Å². The van der Waals surface area contributed by atoms with E-state index in [1.165, 1.54) is 22.8 Å². The molecule has 0 heterocycles. The number of benzene rings is 2. The molecule has 2 heteroatoms. The molecule has 2 N–H and O–H groups in total. The van der Waals surface area contributed by atoms with Crippen molar-refractivity contribution in [3.8, 4) is 0 Å². The van der Waals surface area contributed by atoms with Crippen molar-refractivity contribution in [3.05, 3.63) is 46.4 Å². The molecule has 1 fully saturated rings. The Balaban J connectivity index is 2.29. The van der Waals surface area contributed by atoms with E-state index in [9.17, 15) is 0 Å². The van der Waals surface area contributed by atoms with E-state index in [-0.39, 0.29) is 5.54 Å². The van der Waals surface area contributed by atoms with Gasteiger partial charge in [0.15, 0.2) is 0 Å². The van der Waals surface area contributed by atoms with Crippen LogP contribution in [0.15, 0.2) is 40.9 Å². The fourth-order valence-corrected chi connectivity index (χ4v) is 3.03. The Morgan fingerprint density at radius 3 is 2.38 bits per heavy atom. The summed E-state index contributed by atoms with van der Waals surface area (Å²) in [7, 11) is 0. The van der Waals surface area contributed by atoms with Crippen molar-refractivity contribution in [2.45, 2.75) is 24.8 Å². The molecular weight excluding hydrogens is 262 g/mol. The summed E-state index contributed by atoms with van der Waals surface area (Å²) in [5, 5.41) is 2.55. The van der Waals surface area contributed by atoms with Gasteiger partial charge < -0.3 is 5.73 Å². The first-order valence-corrected chi connectivity index (χ1v) is 6.47. The standard InChI is InChI=1S/C14H14BrN/c15-13-7-2-4-10-11(13)5-1-6-12(10)14(16)8-3-9-14/h1-2,4-7H,3,8-9,16H2. The molecule has 3 rings (SSSR count). The first kappa shape index (κ1) is 10.3. The van der Waals surface area contributed by atoms with Gasteiger partial charge in [-0.3, -0.25) is 0 Å². The second kappa shape index (κ2) is 3.57. The molecule has 1 nitrogen and oxygen atoms in total. The van der Waals surface area contributed by atoms with E-state index in [1.54, 1.807) is 0 Å². The zero-order valence-corrected chi connectivity index (χ0v) is 10.6. The maximum absolute atomic E-state index is 6.42. The average Bonchev–Trinajstić information content (AvgIpc) is 2.26. The normalized spacial score (nSPS) is 18.4. The molecule has 0 aliphatic heterocycles. The first-order chi connectivity index (χ1) is 7.71. The zero-order chi connectivity index (χ0) is 11.2. The molecule has 1 aliphatic rings. The fourth-order valence-electron chi connectivity index (χ4n) is 2.53. The highest BCUT2D eigenvalue weighted by atomic mass is 79.9. The Labute approximate surface area is 104 Å². The van der Waals surface area contributed by atoms with Gasteiger partial charge in [-0.1, -0.05) is 46.3 Å². The summed E-state index contributed by atoms with van der Waals surface area (Å²) in [6.45, 7) is 0.